The van der Waals surface area contributed by atoms with Crippen LogP contribution in [0.2, 0.25) is 0 Å². The van der Waals surface area contributed by atoms with Crippen LogP contribution >= 0.6 is 7.75 Å². The van der Waals surface area contributed by atoms with Crippen molar-refractivity contribution in [1.82, 2.24) is 18.9 Å². The van der Waals surface area contributed by atoms with Gasteiger partial charge in [-0.05, 0) is 0 Å². The minimum absolute atomic E-state index is 0.121. The largest absolute Gasteiger partial charge is 0.439 e. The Morgan fingerprint density at radius 2 is 1.66 bits per heavy atom. The van der Waals surface area contributed by atoms with Crippen LogP contribution in [0.5, 0.6) is 0 Å². The fourth-order valence-electron chi connectivity index (χ4n) is 4.46. The van der Waals surface area contributed by atoms with Crippen molar-refractivity contribution >= 4 is 24.9 Å². The maximum atomic E-state index is 12.7. The lowest BCUT2D eigenvalue weighted by Crippen LogP contribution is -2.68. The molecule has 0 saturated carbocycles. The van der Waals surface area contributed by atoms with Crippen molar-refractivity contribution in [3.05, 3.63) is 16.7 Å². The molecule has 2 fully saturated rings. The van der Waals surface area contributed by atoms with Crippen LogP contribution in [0.15, 0.2) is 11.1 Å². The second-order valence-electron chi connectivity index (χ2n) is 8.16. The highest BCUT2D eigenvalue weighted by Crippen LogP contribution is 2.45. The van der Waals surface area contributed by atoms with Crippen LogP contribution in [0.1, 0.15) is 0 Å². The number of aliphatic hydroxyl groups excluding tert-OH is 7. The van der Waals surface area contributed by atoms with Crippen molar-refractivity contribution in [2.75, 3.05) is 18.9 Å². The lowest BCUT2D eigenvalue weighted by atomic mass is 9.86. The number of hydrogen-bond donors (Lipinski definition) is 10. The van der Waals surface area contributed by atoms with Crippen molar-refractivity contribution in [2.45, 2.75) is 54.6 Å². The van der Waals surface area contributed by atoms with Crippen LogP contribution in [0, 0.1) is 0 Å². The fourth-order valence-corrected chi connectivity index (χ4v) is 5.10. The Labute approximate surface area is 194 Å². The van der Waals surface area contributed by atoms with Crippen molar-refractivity contribution < 1.29 is 59.6 Å². The predicted molar refractivity (Wildman–Crippen MR) is 109 cm³/mol. The number of ether oxygens (including phenoxy) is 2. The number of hydrogen-bond acceptors (Lipinski definition) is 14. The number of imidazole rings is 1. The van der Waals surface area contributed by atoms with Crippen molar-refractivity contribution in [1.29, 1.82) is 0 Å². The topological polar surface area (TPSA) is 296 Å². The van der Waals surface area contributed by atoms with Crippen LogP contribution in [0.3, 0.4) is 0 Å². The van der Waals surface area contributed by atoms with Gasteiger partial charge < -0.3 is 60.7 Å². The third-order valence-corrected chi connectivity index (χ3v) is 7.07. The van der Waals surface area contributed by atoms with Crippen LogP contribution in [0.25, 0.3) is 11.2 Å². The summed E-state index contributed by atoms with van der Waals surface area (Å²) in [5.41, 5.74) is 0.471. The first-order valence-electron chi connectivity index (χ1n) is 10.1. The zero-order chi connectivity index (χ0) is 26.0. The normalized spacial score (nSPS) is 38.3. The summed E-state index contributed by atoms with van der Waals surface area (Å²) in [5, 5.41) is 71.9. The highest BCUT2D eigenvalue weighted by molar-refractivity contribution is 7.50. The Morgan fingerprint density at radius 1 is 1.03 bits per heavy atom. The van der Waals surface area contributed by atoms with E-state index in [1.54, 1.807) is 0 Å². The van der Waals surface area contributed by atoms with Crippen molar-refractivity contribution in [3.8, 4) is 0 Å². The van der Waals surface area contributed by atoms with Gasteiger partial charge in [-0.2, -0.15) is 9.32 Å². The molecule has 0 aromatic carbocycles. The standard InChI is InChI=1S/C16H24N5O13P/c17-15-19-13-6(14(29)21(15)35(30,31)32)18-3-20(13)16(11(28)8(25)5(2-23)34-16)12-10(27)9(26)7(24)4(1-22)33-12/h3-5,7-12,22-28H,1-2H2,(H2,17,19)(H2,30,31,32)/t4-,5-,7-,8-,9+,10+,11-,12+,16+/m1/s1. The second kappa shape index (κ2) is 8.80. The average molecular weight is 525 g/mol. The number of aliphatic hydroxyl groups is 7. The lowest BCUT2D eigenvalue weighted by molar-refractivity contribution is -0.309. The van der Waals surface area contributed by atoms with Crippen LogP contribution in [-0.4, -0.2) is 126 Å². The quantitative estimate of drug-likeness (QED) is 0.162. The number of anilines is 1. The Hall–Kier alpha value is -2.06. The SMILES string of the molecule is Nc1nc2c(ncn2[C@]2([C@H]3O[C@H](CO)[C@@H](O)[C@H](O)[C@@H]3O)O[C@H](CO)[C@@H](O)[C@H]2O)c(=O)n1P(=O)(O)O. The average Bonchev–Trinajstić information content (AvgIpc) is 3.32. The number of nitrogens with two attached hydrogens (primary N) is 1. The summed E-state index contributed by atoms with van der Waals surface area (Å²) in [6, 6.07) is 0. The van der Waals surface area contributed by atoms with Gasteiger partial charge in [-0.25, -0.2) is 9.55 Å². The van der Waals surface area contributed by atoms with E-state index in [1.807, 2.05) is 0 Å². The van der Waals surface area contributed by atoms with E-state index in [2.05, 4.69) is 9.97 Å². The summed E-state index contributed by atoms with van der Waals surface area (Å²) in [6.07, 6.45) is -13.8. The molecule has 0 aliphatic carbocycles. The zero-order valence-electron chi connectivity index (χ0n) is 17.6. The lowest BCUT2D eigenvalue weighted by Gasteiger charge is -2.48. The van der Waals surface area contributed by atoms with Gasteiger partial charge in [-0.15, -0.1) is 0 Å². The Bertz CT molecular complexity index is 1210. The molecule has 19 heteroatoms. The smallest absolute Gasteiger partial charge is 0.394 e. The molecule has 0 spiro atoms. The maximum Gasteiger partial charge on any atom is 0.439 e. The van der Waals surface area contributed by atoms with Crippen LogP contribution < -0.4 is 11.3 Å². The highest BCUT2D eigenvalue weighted by atomic mass is 31.2. The van der Waals surface area contributed by atoms with E-state index in [1.165, 1.54) is 0 Å². The highest BCUT2D eigenvalue weighted by Gasteiger charge is 2.65. The van der Waals surface area contributed by atoms with E-state index in [4.69, 9.17) is 15.2 Å². The van der Waals surface area contributed by atoms with Gasteiger partial charge in [0.15, 0.2) is 11.2 Å². The third kappa shape index (κ3) is 3.70. The minimum atomic E-state index is -5.27. The first kappa shape index (κ1) is 26.0. The van der Waals surface area contributed by atoms with Gasteiger partial charge in [-0.1, -0.05) is 0 Å². The summed E-state index contributed by atoms with van der Waals surface area (Å²) >= 11 is 0. The first-order chi connectivity index (χ1) is 16.3. The molecule has 0 bridgehead atoms. The van der Waals surface area contributed by atoms with Gasteiger partial charge in [0.25, 0.3) is 5.56 Å². The fraction of sp³-hybridized carbons (Fsp3) is 0.688. The Balaban J connectivity index is 2.00. The molecule has 11 N–H and O–H groups in total. The Morgan fingerprint density at radius 3 is 2.20 bits per heavy atom. The maximum absolute atomic E-state index is 12.7. The van der Waals surface area contributed by atoms with E-state index >= 15 is 0 Å². The van der Waals surface area contributed by atoms with Crippen molar-refractivity contribution in [2.24, 2.45) is 0 Å². The Kier molecular flexibility index (Phi) is 6.54. The summed E-state index contributed by atoms with van der Waals surface area (Å²) in [6.45, 7) is -1.72. The molecule has 4 rings (SSSR count). The van der Waals surface area contributed by atoms with E-state index < -0.39 is 98.2 Å². The van der Waals surface area contributed by atoms with E-state index in [9.17, 15) is 54.9 Å². The van der Waals surface area contributed by atoms with Gasteiger partial charge in [0, 0.05) is 0 Å². The molecular formula is C16H24N5O13P. The van der Waals surface area contributed by atoms with Gasteiger partial charge in [0.2, 0.25) is 11.7 Å². The van der Waals surface area contributed by atoms with Gasteiger partial charge in [-0.3, -0.25) is 9.36 Å². The van der Waals surface area contributed by atoms with Crippen LogP contribution in [0.4, 0.5) is 5.95 Å². The number of aromatic nitrogens is 4. The number of nitrogen functional groups attached to an aromatic ring is 1. The summed E-state index contributed by atoms with van der Waals surface area (Å²) in [7, 11) is -5.27. The monoisotopic (exact) mass is 525 g/mol. The molecular weight excluding hydrogens is 501 g/mol. The molecule has 196 valence electrons. The third-order valence-electron chi connectivity index (χ3n) is 6.16. The van der Waals surface area contributed by atoms with Gasteiger partial charge >= 0.3 is 7.75 Å². The van der Waals surface area contributed by atoms with Crippen molar-refractivity contribution in [3.63, 3.8) is 0 Å². The van der Waals surface area contributed by atoms with Gasteiger partial charge in [0.1, 0.15) is 48.8 Å². The number of nitrogens with zero attached hydrogens (tertiary/aromatic N) is 4. The molecule has 2 aliphatic rings. The molecule has 0 unspecified atom stereocenters. The molecule has 2 aliphatic heterocycles. The number of fused-ring (bicyclic) bond motifs is 1. The van der Waals surface area contributed by atoms with E-state index in [-0.39, 0.29) is 4.34 Å². The molecule has 2 aromatic heterocycles. The molecule has 35 heavy (non-hydrogen) atoms. The predicted octanol–water partition coefficient (Wildman–Crippen LogP) is -6.28. The van der Waals surface area contributed by atoms with Gasteiger partial charge in [0.05, 0.1) is 19.5 Å². The first-order valence-corrected chi connectivity index (χ1v) is 11.7. The summed E-state index contributed by atoms with van der Waals surface area (Å²) < 4.78 is 23.6. The molecule has 4 heterocycles. The molecule has 0 amide bonds. The van der Waals surface area contributed by atoms with E-state index in [0.29, 0.717) is 0 Å². The molecule has 2 aromatic rings. The van der Waals surface area contributed by atoms with Crippen LogP contribution in [-0.2, 0) is 19.8 Å². The second-order valence-corrected chi connectivity index (χ2v) is 9.59. The van der Waals surface area contributed by atoms with E-state index in [0.717, 1.165) is 10.9 Å². The molecule has 9 atom stereocenters. The molecule has 2 saturated heterocycles. The summed E-state index contributed by atoms with van der Waals surface area (Å²) in [4.78, 5) is 39.1. The zero-order valence-corrected chi connectivity index (χ0v) is 18.5. The minimum Gasteiger partial charge on any atom is -0.394 e. The molecule has 0 radical (unpaired) electrons. The summed E-state index contributed by atoms with van der Waals surface area (Å²) in [5.74, 6) is -0.965. The number of rotatable bonds is 5. The molecule has 18 nitrogen and oxygen atoms in total.